The van der Waals surface area contributed by atoms with Crippen LogP contribution in [0.2, 0.25) is 0 Å². The van der Waals surface area contributed by atoms with Crippen LogP contribution in [0.15, 0.2) is 18.2 Å². The molecule has 1 aliphatic carbocycles. The summed E-state index contributed by atoms with van der Waals surface area (Å²) in [5.41, 5.74) is 2.12. The topological polar surface area (TPSA) is 42.0 Å². The molecule has 4 rings (SSSR count). The number of carbonyl (C=O) groups is 1. The predicted molar refractivity (Wildman–Crippen MR) is 111 cm³/mol. The Morgan fingerprint density at radius 3 is 2.68 bits per heavy atom. The van der Waals surface area contributed by atoms with Crippen molar-refractivity contribution in [3.8, 4) is 5.75 Å². The summed E-state index contributed by atoms with van der Waals surface area (Å²) in [6.07, 6.45) is 6.36. The molecule has 0 radical (unpaired) electrons. The lowest BCUT2D eigenvalue weighted by atomic mass is 10.0. The summed E-state index contributed by atoms with van der Waals surface area (Å²) in [4.78, 5) is 17.0. The quantitative estimate of drug-likeness (QED) is 0.686. The zero-order valence-corrected chi connectivity index (χ0v) is 17.4. The number of rotatable bonds is 8. The summed E-state index contributed by atoms with van der Waals surface area (Å²) in [6, 6.07) is 6.14. The zero-order valence-electron chi connectivity index (χ0n) is 17.4. The molecule has 1 saturated carbocycles. The van der Waals surface area contributed by atoms with Gasteiger partial charge >= 0.3 is 0 Å². The van der Waals surface area contributed by atoms with Gasteiger partial charge in [-0.25, -0.2) is 0 Å². The highest BCUT2D eigenvalue weighted by atomic mass is 16.5. The predicted octanol–water partition coefficient (Wildman–Crippen LogP) is 3.50. The molecule has 28 heavy (non-hydrogen) atoms. The van der Waals surface area contributed by atoms with Crippen molar-refractivity contribution in [2.24, 2.45) is 11.8 Å². The van der Waals surface area contributed by atoms with E-state index in [4.69, 9.17) is 9.47 Å². The summed E-state index contributed by atoms with van der Waals surface area (Å²) in [5.74, 6) is 2.23. The normalized spacial score (nSPS) is 22.1. The molecule has 154 valence electrons. The standard InChI is InChI=1S/C23H34N2O3/c1-3-19-5-4-6-21-23(19)28-16-22(26)25(21)14-17(2)13-24-11-9-20(10-12-24)27-15-18-7-8-18/h4-6,17-18,20H,3,7-16H2,1-2H3. The van der Waals surface area contributed by atoms with Gasteiger partial charge in [0.05, 0.1) is 11.8 Å². The van der Waals surface area contributed by atoms with Gasteiger partial charge in [0.25, 0.3) is 5.91 Å². The first-order chi connectivity index (χ1) is 13.6. The molecule has 1 atom stereocenters. The van der Waals surface area contributed by atoms with E-state index in [1.165, 1.54) is 18.4 Å². The Kier molecular flexibility index (Phi) is 6.22. The monoisotopic (exact) mass is 386 g/mol. The molecule has 1 aromatic carbocycles. The second kappa shape index (κ2) is 8.83. The molecule has 5 heteroatoms. The van der Waals surface area contributed by atoms with E-state index in [1.807, 2.05) is 17.0 Å². The first kappa shape index (κ1) is 19.7. The summed E-state index contributed by atoms with van der Waals surface area (Å²) in [6.45, 7) is 9.49. The third-order valence-corrected chi connectivity index (χ3v) is 6.25. The number of anilines is 1. The number of piperidine rings is 1. The highest BCUT2D eigenvalue weighted by Gasteiger charge is 2.29. The Hall–Kier alpha value is -1.59. The van der Waals surface area contributed by atoms with Crippen LogP contribution in [-0.2, 0) is 16.0 Å². The molecule has 0 bridgehead atoms. The SMILES string of the molecule is CCc1cccc2c1OCC(=O)N2CC(C)CN1CCC(OCC2CC2)CC1. The maximum Gasteiger partial charge on any atom is 0.265 e. The van der Waals surface area contributed by atoms with Crippen LogP contribution in [0.5, 0.6) is 5.75 Å². The zero-order chi connectivity index (χ0) is 19.5. The molecule has 2 aliphatic heterocycles. The van der Waals surface area contributed by atoms with Crippen molar-refractivity contribution in [2.75, 3.05) is 44.3 Å². The minimum atomic E-state index is 0.0692. The molecule has 2 heterocycles. The lowest BCUT2D eigenvalue weighted by molar-refractivity contribution is -0.121. The first-order valence-corrected chi connectivity index (χ1v) is 11.0. The Labute approximate surface area is 169 Å². The average Bonchev–Trinajstić information content (AvgIpc) is 3.53. The van der Waals surface area contributed by atoms with Crippen molar-refractivity contribution in [3.63, 3.8) is 0 Å². The van der Waals surface area contributed by atoms with Crippen LogP contribution in [-0.4, -0.2) is 56.3 Å². The van der Waals surface area contributed by atoms with Gasteiger partial charge in [0.15, 0.2) is 6.61 Å². The number of carbonyl (C=O) groups excluding carboxylic acids is 1. The second-order valence-electron chi connectivity index (χ2n) is 8.79. The lowest BCUT2D eigenvalue weighted by Crippen LogP contribution is -2.45. The van der Waals surface area contributed by atoms with Gasteiger partial charge in [0.1, 0.15) is 5.75 Å². The molecule has 0 aromatic heterocycles. The minimum absolute atomic E-state index is 0.0692. The van der Waals surface area contributed by atoms with Gasteiger partial charge in [0, 0.05) is 32.8 Å². The second-order valence-corrected chi connectivity index (χ2v) is 8.79. The lowest BCUT2D eigenvalue weighted by Gasteiger charge is -2.36. The summed E-state index contributed by atoms with van der Waals surface area (Å²) < 4.78 is 11.8. The van der Waals surface area contributed by atoms with E-state index >= 15 is 0 Å². The fourth-order valence-corrected chi connectivity index (χ4v) is 4.40. The number of hydrogen-bond donors (Lipinski definition) is 0. The van der Waals surface area contributed by atoms with Gasteiger partial charge in [-0.3, -0.25) is 4.79 Å². The van der Waals surface area contributed by atoms with E-state index in [-0.39, 0.29) is 12.5 Å². The number of hydrogen-bond acceptors (Lipinski definition) is 4. The van der Waals surface area contributed by atoms with E-state index in [0.29, 0.717) is 12.0 Å². The van der Waals surface area contributed by atoms with Crippen LogP contribution in [0.1, 0.15) is 45.1 Å². The maximum atomic E-state index is 12.5. The number of amides is 1. The molecule has 5 nitrogen and oxygen atoms in total. The molecule has 1 amide bonds. The van der Waals surface area contributed by atoms with Crippen molar-refractivity contribution < 1.29 is 14.3 Å². The van der Waals surface area contributed by atoms with Crippen LogP contribution in [0.3, 0.4) is 0 Å². The molecule has 1 unspecified atom stereocenters. The van der Waals surface area contributed by atoms with E-state index in [9.17, 15) is 4.79 Å². The van der Waals surface area contributed by atoms with Crippen molar-refractivity contribution >= 4 is 11.6 Å². The highest BCUT2D eigenvalue weighted by Crippen LogP contribution is 2.36. The van der Waals surface area contributed by atoms with Crippen molar-refractivity contribution in [3.05, 3.63) is 23.8 Å². The van der Waals surface area contributed by atoms with Crippen LogP contribution >= 0.6 is 0 Å². The van der Waals surface area contributed by atoms with Crippen LogP contribution in [0.4, 0.5) is 5.69 Å². The van der Waals surface area contributed by atoms with E-state index in [0.717, 1.165) is 69.4 Å². The van der Waals surface area contributed by atoms with Gasteiger partial charge in [-0.1, -0.05) is 26.0 Å². The summed E-state index contributed by atoms with van der Waals surface area (Å²) in [7, 11) is 0. The molecule has 1 aromatic rings. The Morgan fingerprint density at radius 1 is 1.18 bits per heavy atom. The van der Waals surface area contributed by atoms with E-state index < -0.39 is 0 Å². The van der Waals surface area contributed by atoms with E-state index in [1.54, 1.807) is 0 Å². The minimum Gasteiger partial charge on any atom is -0.481 e. The van der Waals surface area contributed by atoms with Crippen LogP contribution in [0, 0.1) is 11.8 Å². The number of para-hydroxylation sites is 1. The molecular formula is C23H34N2O3. The smallest absolute Gasteiger partial charge is 0.265 e. The number of aryl methyl sites for hydroxylation is 1. The largest absolute Gasteiger partial charge is 0.481 e. The van der Waals surface area contributed by atoms with Gasteiger partial charge in [0.2, 0.25) is 0 Å². The highest BCUT2D eigenvalue weighted by molar-refractivity contribution is 5.98. The Balaban J connectivity index is 1.29. The van der Waals surface area contributed by atoms with Gasteiger partial charge in [-0.15, -0.1) is 0 Å². The van der Waals surface area contributed by atoms with Crippen molar-refractivity contribution in [2.45, 2.75) is 52.1 Å². The third kappa shape index (κ3) is 4.69. The molecular weight excluding hydrogens is 352 g/mol. The summed E-state index contributed by atoms with van der Waals surface area (Å²) >= 11 is 0. The average molecular weight is 387 g/mol. The number of benzene rings is 1. The van der Waals surface area contributed by atoms with Crippen LogP contribution < -0.4 is 9.64 Å². The molecule has 2 fully saturated rings. The Morgan fingerprint density at radius 2 is 1.96 bits per heavy atom. The van der Waals surface area contributed by atoms with Gasteiger partial charge < -0.3 is 19.3 Å². The molecule has 0 spiro atoms. The molecule has 0 N–H and O–H groups in total. The first-order valence-electron chi connectivity index (χ1n) is 11.0. The number of fused-ring (bicyclic) bond motifs is 1. The molecule has 1 saturated heterocycles. The van der Waals surface area contributed by atoms with Gasteiger partial charge in [-0.05, 0) is 55.6 Å². The Bertz CT molecular complexity index is 680. The summed E-state index contributed by atoms with van der Waals surface area (Å²) in [5, 5.41) is 0. The fraction of sp³-hybridized carbons (Fsp3) is 0.696. The number of likely N-dealkylation sites (tertiary alicyclic amines) is 1. The third-order valence-electron chi connectivity index (χ3n) is 6.25. The maximum absolute atomic E-state index is 12.5. The van der Waals surface area contributed by atoms with E-state index in [2.05, 4.69) is 24.8 Å². The van der Waals surface area contributed by atoms with Crippen molar-refractivity contribution in [1.29, 1.82) is 0 Å². The fourth-order valence-electron chi connectivity index (χ4n) is 4.40. The number of ether oxygens (including phenoxy) is 2. The number of nitrogens with zero attached hydrogens (tertiary/aromatic N) is 2. The van der Waals surface area contributed by atoms with Crippen LogP contribution in [0.25, 0.3) is 0 Å². The molecule has 3 aliphatic rings. The van der Waals surface area contributed by atoms with Crippen molar-refractivity contribution in [1.82, 2.24) is 4.90 Å². The van der Waals surface area contributed by atoms with Gasteiger partial charge in [-0.2, -0.15) is 0 Å².